The molecule has 6 heteroatoms. The number of hydrogen-bond donors (Lipinski definition) is 1. The fourth-order valence-electron chi connectivity index (χ4n) is 1.46. The van der Waals surface area contributed by atoms with E-state index in [1.165, 1.54) is 11.3 Å². The Hall–Kier alpha value is -1.30. The van der Waals surface area contributed by atoms with Crippen LogP contribution >= 0.6 is 11.3 Å². The van der Waals surface area contributed by atoms with Crippen molar-refractivity contribution in [2.45, 2.75) is 33.2 Å². The van der Waals surface area contributed by atoms with E-state index in [0.717, 1.165) is 18.1 Å². The number of nitrogens with two attached hydrogens (primary N) is 1. The molecule has 1 aromatic rings. The van der Waals surface area contributed by atoms with Crippen LogP contribution in [0.2, 0.25) is 0 Å². The smallest absolute Gasteiger partial charge is 0.267 e. The molecule has 1 heterocycles. The second-order valence-corrected chi connectivity index (χ2v) is 5.62. The third-order valence-electron chi connectivity index (χ3n) is 2.82. The maximum absolute atomic E-state index is 12.2. The van der Waals surface area contributed by atoms with Gasteiger partial charge in [0.1, 0.15) is 10.7 Å². The monoisotopic (exact) mass is 270 g/mol. The van der Waals surface area contributed by atoms with Gasteiger partial charge in [0.05, 0.1) is 0 Å². The minimum Gasteiger partial charge on any atom is -0.382 e. The number of carbonyl (C=O) groups is 1. The van der Waals surface area contributed by atoms with E-state index in [4.69, 9.17) is 5.73 Å². The Morgan fingerprint density at radius 1 is 1.44 bits per heavy atom. The van der Waals surface area contributed by atoms with Gasteiger partial charge in [-0.3, -0.25) is 4.79 Å². The number of nitrogen functional groups attached to an aromatic ring is 1. The highest BCUT2D eigenvalue weighted by Gasteiger charge is 2.22. The topological polar surface area (TPSA) is 62.5 Å². The lowest BCUT2D eigenvalue weighted by atomic mass is 10.3. The molecule has 0 saturated carbocycles. The maximum Gasteiger partial charge on any atom is 0.267 e. The van der Waals surface area contributed by atoms with E-state index in [0.29, 0.717) is 10.7 Å². The summed E-state index contributed by atoms with van der Waals surface area (Å²) in [6, 6.07) is 0.149. The zero-order chi connectivity index (χ0) is 13.9. The normalized spacial score (nSPS) is 10.8. The average Bonchev–Trinajstić information content (AvgIpc) is 2.69. The first-order valence-corrected chi connectivity index (χ1v) is 6.94. The van der Waals surface area contributed by atoms with E-state index in [-0.39, 0.29) is 11.9 Å². The summed E-state index contributed by atoms with van der Waals surface area (Å²) in [5.74, 6) is 0.270. The second-order valence-electron chi connectivity index (χ2n) is 4.64. The van der Waals surface area contributed by atoms with Crippen molar-refractivity contribution in [2.24, 2.45) is 0 Å². The van der Waals surface area contributed by atoms with Gasteiger partial charge in [-0.05, 0) is 20.3 Å². The highest BCUT2D eigenvalue weighted by Crippen LogP contribution is 2.28. The second kappa shape index (κ2) is 6.04. The first-order chi connectivity index (χ1) is 8.38. The summed E-state index contributed by atoms with van der Waals surface area (Å²) >= 11 is 1.36. The minimum absolute atomic E-state index is 0.0591. The van der Waals surface area contributed by atoms with Gasteiger partial charge in [-0.25, -0.2) is 4.98 Å². The Morgan fingerprint density at radius 2 is 2.06 bits per heavy atom. The van der Waals surface area contributed by atoms with Gasteiger partial charge in [0.25, 0.3) is 5.91 Å². The molecule has 0 aliphatic rings. The molecule has 2 N–H and O–H groups in total. The molecule has 0 radical (unpaired) electrons. The van der Waals surface area contributed by atoms with E-state index in [9.17, 15) is 4.79 Å². The van der Waals surface area contributed by atoms with Gasteiger partial charge in [-0.1, -0.05) is 18.3 Å². The van der Waals surface area contributed by atoms with Crippen molar-refractivity contribution in [1.29, 1.82) is 0 Å². The summed E-state index contributed by atoms with van der Waals surface area (Å²) in [4.78, 5) is 20.7. The standard InChI is InChI=1S/C12H22N4OS/c1-6-7-15(4)12-14-10(13)9(18-12)11(17)16(5)8(2)3/h8H,6-7,13H2,1-5H3. The molecule has 0 saturated heterocycles. The zero-order valence-corrected chi connectivity index (χ0v) is 12.5. The van der Waals surface area contributed by atoms with Gasteiger partial charge in [0.2, 0.25) is 0 Å². The molecule has 5 nitrogen and oxygen atoms in total. The lowest BCUT2D eigenvalue weighted by Gasteiger charge is -2.20. The van der Waals surface area contributed by atoms with Crippen molar-refractivity contribution >= 4 is 28.2 Å². The maximum atomic E-state index is 12.2. The summed E-state index contributed by atoms with van der Waals surface area (Å²) in [6.45, 7) is 6.95. The number of rotatable bonds is 5. The largest absolute Gasteiger partial charge is 0.382 e. The predicted octanol–water partition coefficient (Wildman–Crippen LogP) is 2.05. The van der Waals surface area contributed by atoms with Crippen LogP contribution in [0, 0.1) is 0 Å². The van der Waals surface area contributed by atoms with Crippen LogP contribution in [0.15, 0.2) is 0 Å². The van der Waals surface area contributed by atoms with Crippen LogP contribution in [0.4, 0.5) is 10.9 Å². The van der Waals surface area contributed by atoms with Crippen LogP contribution in [-0.4, -0.2) is 42.5 Å². The average molecular weight is 270 g/mol. The van der Waals surface area contributed by atoms with Gasteiger partial charge < -0.3 is 15.5 Å². The van der Waals surface area contributed by atoms with E-state index in [2.05, 4.69) is 11.9 Å². The van der Waals surface area contributed by atoms with E-state index in [1.807, 2.05) is 25.8 Å². The van der Waals surface area contributed by atoms with Gasteiger partial charge in [-0.2, -0.15) is 0 Å². The molecule has 0 fully saturated rings. The van der Waals surface area contributed by atoms with Crippen molar-refractivity contribution in [3.8, 4) is 0 Å². The van der Waals surface area contributed by atoms with Crippen LogP contribution < -0.4 is 10.6 Å². The number of carbonyl (C=O) groups excluding carboxylic acids is 1. The van der Waals surface area contributed by atoms with Crippen LogP contribution in [0.1, 0.15) is 36.9 Å². The van der Waals surface area contributed by atoms with Crippen LogP contribution in [0.5, 0.6) is 0 Å². The predicted molar refractivity (Wildman–Crippen MR) is 77.3 cm³/mol. The molecule has 18 heavy (non-hydrogen) atoms. The summed E-state index contributed by atoms with van der Waals surface area (Å²) < 4.78 is 0. The first kappa shape index (κ1) is 14.8. The highest BCUT2D eigenvalue weighted by atomic mass is 32.1. The first-order valence-electron chi connectivity index (χ1n) is 6.13. The molecule has 0 bridgehead atoms. The highest BCUT2D eigenvalue weighted by molar-refractivity contribution is 7.18. The van der Waals surface area contributed by atoms with Crippen LogP contribution in [0.25, 0.3) is 0 Å². The molecule has 0 aliphatic carbocycles. The van der Waals surface area contributed by atoms with Gasteiger partial charge in [0, 0.05) is 26.7 Å². The molecule has 1 aromatic heterocycles. The zero-order valence-electron chi connectivity index (χ0n) is 11.7. The van der Waals surface area contributed by atoms with E-state index in [1.54, 1.807) is 11.9 Å². The molecular weight excluding hydrogens is 248 g/mol. The quantitative estimate of drug-likeness (QED) is 0.889. The summed E-state index contributed by atoms with van der Waals surface area (Å²) in [6.07, 6.45) is 1.03. The summed E-state index contributed by atoms with van der Waals surface area (Å²) in [5, 5.41) is 0.801. The lowest BCUT2D eigenvalue weighted by Crippen LogP contribution is -2.32. The Balaban J connectivity index is 2.94. The fourth-order valence-corrected chi connectivity index (χ4v) is 2.42. The van der Waals surface area contributed by atoms with Gasteiger partial charge in [0.15, 0.2) is 5.13 Å². The third-order valence-corrected chi connectivity index (χ3v) is 3.99. The van der Waals surface area contributed by atoms with Crippen LogP contribution in [-0.2, 0) is 0 Å². The molecule has 0 unspecified atom stereocenters. The van der Waals surface area contributed by atoms with Gasteiger partial charge >= 0.3 is 0 Å². The molecule has 102 valence electrons. The van der Waals surface area contributed by atoms with Crippen molar-refractivity contribution in [1.82, 2.24) is 9.88 Å². The number of anilines is 2. The molecule has 0 aliphatic heterocycles. The van der Waals surface area contributed by atoms with Crippen molar-refractivity contribution in [3.63, 3.8) is 0 Å². The molecule has 0 atom stereocenters. The van der Waals surface area contributed by atoms with Gasteiger partial charge in [-0.15, -0.1) is 0 Å². The SMILES string of the molecule is CCCN(C)c1nc(N)c(C(=O)N(C)C(C)C)s1. The number of nitrogens with zero attached hydrogens (tertiary/aromatic N) is 3. The Bertz CT molecular complexity index is 416. The number of aromatic nitrogens is 1. The number of thiazole rings is 1. The number of hydrogen-bond acceptors (Lipinski definition) is 5. The molecule has 1 amide bonds. The van der Waals surface area contributed by atoms with Crippen LogP contribution in [0.3, 0.4) is 0 Å². The Morgan fingerprint density at radius 3 is 2.56 bits per heavy atom. The van der Waals surface area contributed by atoms with Crippen molar-refractivity contribution in [2.75, 3.05) is 31.3 Å². The lowest BCUT2D eigenvalue weighted by molar-refractivity contribution is 0.0760. The molecule has 0 aromatic carbocycles. The summed E-state index contributed by atoms with van der Waals surface area (Å²) in [5.41, 5.74) is 5.84. The Labute approximate surface area is 113 Å². The summed E-state index contributed by atoms with van der Waals surface area (Å²) in [7, 11) is 3.74. The third kappa shape index (κ3) is 3.13. The fraction of sp³-hybridized carbons (Fsp3) is 0.667. The van der Waals surface area contributed by atoms with Crippen molar-refractivity contribution < 1.29 is 4.79 Å². The minimum atomic E-state index is -0.0591. The van der Waals surface area contributed by atoms with Crippen molar-refractivity contribution in [3.05, 3.63) is 4.88 Å². The molecule has 0 spiro atoms. The number of amides is 1. The molecular formula is C12H22N4OS. The van der Waals surface area contributed by atoms with E-state index >= 15 is 0 Å². The van der Waals surface area contributed by atoms with E-state index < -0.39 is 0 Å². The Kier molecular flexibility index (Phi) is 4.95. The molecule has 1 rings (SSSR count).